The summed E-state index contributed by atoms with van der Waals surface area (Å²) in [6, 6.07) is 6.15. The van der Waals surface area contributed by atoms with E-state index in [9.17, 15) is 8.42 Å². The van der Waals surface area contributed by atoms with Gasteiger partial charge in [0.2, 0.25) is 10.0 Å². The van der Waals surface area contributed by atoms with Crippen LogP contribution in [0, 0.1) is 0 Å². The maximum absolute atomic E-state index is 11.7. The Morgan fingerprint density at radius 1 is 1.47 bits per heavy atom. The van der Waals surface area contributed by atoms with E-state index >= 15 is 0 Å². The Kier molecular flexibility index (Phi) is 4.32. The van der Waals surface area contributed by atoms with Gasteiger partial charge in [0, 0.05) is 11.6 Å². The molecule has 5 heteroatoms. The van der Waals surface area contributed by atoms with Gasteiger partial charge in [-0.15, -0.1) is 6.58 Å². The number of rotatable bonds is 5. The van der Waals surface area contributed by atoms with E-state index in [0.29, 0.717) is 18.0 Å². The van der Waals surface area contributed by atoms with Crippen molar-refractivity contribution in [1.29, 1.82) is 0 Å². The van der Waals surface area contributed by atoms with Crippen LogP contribution in [-0.4, -0.2) is 15.0 Å². The zero-order valence-electron chi connectivity index (χ0n) is 8.11. The fourth-order valence-electron chi connectivity index (χ4n) is 1.01. The van der Waals surface area contributed by atoms with Gasteiger partial charge in [-0.05, 0) is 24.6 Å². The van der Waals surface area contributed by atoms with E-state index in [0.717, 1.165) is 0 Å². The third-order valence-electron chi connectivity index (χ3n) is 1.75. The Bertz CT molecular complexity index is 442. The molecule has 15 heavy (non-hydrogen) atoms. The molecular formula is C10H12ClNO2S. The summed E-state index contributed by atoms with van der Waals surface area (Å²) in [5, 5.41) is 0.404. The predicted molar refractivity (Wildman–Crippen MR) is 61.5 cm³/mol. The predicted octanol–water partition coefficient (Wildman–Crippen LogP) is 2.19. The molecule has 0 fully saturated rings. The topological polar surface area (TPSA) is 46.2 Å². The molecule has 1 rings (SSSR count). The van der Waals surface area contributed by atoms with Gasteiger partial charge < -0.3 is 0 Å². The maximum Gasteiger partial charge on any atom is 0.240 e. The molecule has 0 unspecified atom stereocenters. The van der Waals surface area contributed by atoms with Crippen molar-refractivity contribution in [2.45, 2.75) is 11.3 Å². The standard InChI is InChI=1S/C10H12ClNO2S/c1-2-3-7-12-15(13,14)10-6-4-5-9(11)8-10/h2,4-6,8,12H,1,3,7H2. The van der Waals surface area contributed by atoms with Crippen LogP contribution in [0.3, 0.4) is 0 Å². The molecular weight excluding hydrogens is 234 g/mol. The third kappa shape index (κ3) is 3.66. The molecule has 0 amide bonds. The van der Waals surface area contributed by atoms with Crippen LogP contribution in [-0.2, 0) is 10.0 Å². The number of benzene rings is 1. The normalized spacial score (nSPS) is 11.3. The van der Waals surface area contributed by atoms with Gasteiger partial charge in [-0.1, -0.05) is 23.7 Å². The van der Waals surface area contributed by atoms with Crippen molar-refractivity contribution in [3.8, 4) is 0 Å². The van der Waals surface area contributed by atoms with Gasteiger partial charge in [-0.3, -0.25) is 0 Å². The average Bonchev–Trinajstić information content (AvgIpc) is 2.18. The summed E-state index contributed by atoms with van der Waals surface area (Å²) in [6.45, 7) is 3.86. The van der Waals surface area contributed by atoms with Crippen LogP contribution in [0.1, 0.15) is 6.42 Å². The van der Waals surface area contributed by atoms with E-state index in [4.69, 9.17) is 11.6 Å². The summed E-state index contributed by atoms with van der Waals surface area (Å²) in [5.41, 5.74) is 0. The number of sulfonamides is 1. The molecule has 1 aromatic carbocycles. The second-order valence-corrected chi connectivity index (χ2v) is 5.14. The Balaban J connectivity index is 2.82. The van der Waals surface area contributed by atoms with Gasteiger partial charge in [-0.2, -0.15) is 0 Å². The monoisotopic (exact) mass is 245 g/mol. The lowest BCUT2D eigenvalue weighted by atomic mass is 10.4. The van der Waals surface area contributed by atoms with Crippen LogP contribution >= 0.6 is 11.6 Å². The van der Waals surface area contributed by atoms with Crippen LogP contribution < -0.4 is 4.72 Å². The van der Waals surface area contributed by atoms with Crippen molar-refractivity contribution >= 4 is 21.6 Å². The maximum atomic E-state index is 11.7. The zero-order chi connectivity index (χ0) is 11.3. The average molecular weight is 246 g/mol. The Hall–Kier alpha value is -0.840. The molecule has 0 aliphatic carbocycles. The lowest BCUT2D eigenvalue weighted by Crippen LogP contribution is -2.24. The number of halogens is 1. The minimum absolute atomic E-state index is 0.180. The lowest BCUT2D eigenvalue weighted by molar-refractivity contribution is 0.582. The number of hydrogen-bond donors (Lipinski definition) is 1. The highest BCUT2D eigenvalue weighted by molar-refractivity contribution is 7.89. The molecule has 0 bridgehead atoms. The van der Waals surface area contributed by atoms with Crippen molar-refractivity contribution in [2.24, 2.45) is 0 Å². The Morgan fingerprint density at radius 2 is 2.20 bits per heavy atom. The van der Waals surface area contributed by atoms with E-state index in [1.165, 1.54) is 12.1 Å². The van der Waals surface area contributed by atoms with Crippen LogP contribution in [0.15, 0.2) is 41.8 Å². The SMILES string of the molecule is C=CCCNS(=O)(=O)c1cccc(Cl)c1. The van der Waals surface area contributed by atoms with E-state index in [1.807, 2.05) is 0 Å². The summed E-state index contributed by atoms with van der Waals surface area (Å²) < 4.78 is 25.8. The van der Waals surface area contributed by atoms with Crippen molar-refractivity contribution < 1.29 is 8.42 Å². The minimum Gasteiger partial charge on any atom is -0.211 e. The second kappa shape index (κ2) is 5.30. The first-order valence-electron chi connectivity index (χ1n) is 4.42. The van der Waals surface area contributed by atoms with Gasteiger partial charge in [0.05, 0.1) is 4.90 Å². The highest BCUT2D eigenvalue weighted by Crippen LogP contribution is 2.14. The van der Waals surface area contributed by atoms with E-state index in [1.54, 1.807) is 18.2 Å². The molecule has 0 saturated carbocycles. The molecule has 0 spiro atoms. The third-order valence-corrected chi connectivity index (χ3v) is 3.44. The second-order valence-electron chi connectivity index (χ2n) is 2.93. The first kappa shape index (κ1) is 12.2. The van der Waals surface area contributed by atoms with Crippen LogP contribution in [0.4, 0.5) is 0 Å². The molecule has 1 N–H and O–H groups in total. The molecule has 0 aromatic heterocycles. The van der Waals surface area contributed by atoms with Gasteiger partial charge >= 0.3 is 0 Å². The fraction of sp³-hybridized carbons (Fsp3) is 0.200. The van der Waals surface area contributed by atoms with Gasteiger partial charge in [0.25, 0.3) is 0 Å². The molecule has 0 aliphatic rings. The van der Waals surface area contributed by atoms with E-state index in [-0.39, 0.29) is 4.90 Å². The van der Waals surface area contributed by atoms with Crippen molar-refractivity contribution in [3.05, 3.63) is 41.9 Å². The van der Waals surface area contributed by atoms with Crippen molar-refractivity contribution in [3.63, 3.8) is 0 Å². The number of nitrogens with one attached hydrogen (secondary N) is 1. The van der Waals surface area contributed by atoms with Crippen LogP contribution in [0.2, 0.25) is 5.02 Å². The largest absolute Gasteiger partial charge is 0.240 e. The molecule has 1 aromatic rings. The Labute approximate surface area is 94.8 Å². The number of hydrogen-bond acceptors (Lipinski definition) is 2. The lowest BCUT2D eigenvalue weighted by Gasteiger charge is -2.05. The van der Waals surface area contributed by atoms with E-state index in [2.05, 4.69) is 11.3 Å². The summed E-state index contributed by atoms with van der Waals surface area (Å²) >= 11 is 5.70. The first-order chi connectivity index (χ1) is 7.06. The van der Waals surface area contributed by atoms with Crippen molar-refractivity contribution in [1.82, 2.24) is 4.72 Å². The van der Waals surface area contributed by atoms with Gasteiger partial charge in [0.1, 0.15) is 0 Å². The first-order valence-corrected chi connectivity index (χ1v) is 6.28. The summed E-state index contributed by atoms with van der Waals surface area (Å²) in [7, 11) is -3.44. The molecule has 0 atom stereocenters. The smallest absolute Gasteiger partial charge is 0.211 e. The highest BCUT2D eigenvalue weighted by atomic mass is 35.5. The molecule has 0 heterocycles. The van der Waals surface area contributed by atoms with E-state index < -0.39 is 10.0 Å². The van der Waals surface area contributed by atoms with Crippen LogP contribution in [0.5, 0.6) is 0 Å². The summed E-state index contributed by atoms with van der Waals surface area (Å²) in [6.07, 6.45) is 2.25. The zero-order valence-corrected chi connectivity index (χ0v) is 9.68. The Morgan fingerprint density at radius 3 is 2.80 bits per heavy atom. The van der Waals surface area contributed by atoms with Gasteiger partial charge in [0.15, 0.2) is 0 Å². The van der Waals surface area contributed by atoms with Crippen LogP contribution in [0.25, 0.3) is 0 Å². The van der Waals surface area contributed by atoms with Crippen molar-refractivity contribution in [2.75, 3.05) is 6.54 Å². The minimum atomic E-state index is -3.44. The summed E-state index contributed by atoms with van der Waals surface area (Å²) in [5.74, 6) is 0. The highest BCUT2D eigenvalue weighted by Gasteiger charge is 2.12. The molecule has 3 nitrogen and oxygen atoms in total. The molecule has 0 aliphatic heterocycles. The molecule has 82 valence electrons. The molecule has 0 saturated heterocycles. The quantitative estimate of drug-likeness (QED) is 0.639. The summed E-state index contributed by atoms with van der Waals surface area (Å²) in [4.78, 5) is 0.180. The molecule has 0 radical (unpaired) electrons. The fourth-order valence-corrected chi connectivity index (χ4v) is 2.36. The van der Waals surface area contributed by atoms with Gasteiger partial charge in [-0.25, -0.2) is 13.1 Å².